The molecule has 1 atom stereocenters. The number of rotatable bonds is 3. The Hall–Kier alpha value is -3.02. The van der Waals surface area contributed by atoms with Gasteiger partial charge in [0, 0.05) is 24.3 Å². The van der Waals surface area contributed by atoms with Crippen molar-refractivity contribution in [2.24, 2.45) is 0 Å². The molecule has 3 heterocycles. The van der Waals surface area contributed by atoms with Gasteiger partial charge in [-0.3, -0.25) is 4.79 Å². The van der Waals surface area contributed by atoms with Crippen molar-refractivity contribution in [1.29, 1.82) is 0 Å². The van der Waals surface area contributed by atoms with Crippen molar-refractivity contribution in [3.63, 3.8) is 0 Å². The monoisotopic (exact) mass is 401 g/mol. The Kier molecular flexibility index (Phi) is 4.85. The van der Waals surface area contributed by atoms with Crippen LogP contribution in [0.25, 0.3) is 17.2 Å². The number of aryl methyl sites for hydroxylation is 2. The predicted molar refractivity (Wildman–Crippen MR) is 116 cm³/mol. The Morgan fingerprint density at radius 1 is 1.13 bits per heavy atom. The number of hydrogen-bond donors (Lipinski definition) is 0. The van der Waals surface area contributed by atoms with Crippen molar-refractivity contribution < 1.29 is 4.79 Å². The van der Waals surface area contributed by atoms with Gasteiger partial charge in [-0.15, -0.1) is 0 Å². The molecule has 3 aromatic rings. The lowest BCUT2D eigenvalue weighted by molar-refractivity contribution is 0.0607. The minimum Gasteiger partial charge on any atom is -0.336 e. The summed E-state index contributed by atoms with van der Waals surface area (Å²) in [5.41, 5.74) is 6.08. The van der Waals surface area contributed by atoms with Crippen LogP contribution in [0, 0.1) is 6.92 Å². The molecule has 6 heteroatoms. The number of carbonyl (C=O) groups excluding carboxylic acids is 1. The maximum atomic E-state index is 13.3. The summed E-state index contributed by atoms with van der Waals surface area (Å²) in [5, 5.41) is 4.50. The molecule has 2 aliphatic rings. The van der Waals surface area contributed by atoms with Crippen LogP contribution in [0.2, 0.25) is 0 Å². The summed E-state index contributed by atoms with van der Waals surface area (Å²) < 4.78 is 1.70. The highest BCUT2D eigenvalue weighted by molar-refractivity contribution is 5.95. The molecule has 0 spiro atoms. The molecule has 1 aliphatic carbocycles. The molecule has 1 aromatic carbocycles. The van der Waals surface area contributed by atoms with E-state index in [1.807, 2.05) is 18.0 Å². The van der Waals surface area contributed by atoms with Gasteiger partial charge in [0.2, 0.25) is 0 Å². The van der Waals surface area contributed by atoms with Crippen LogP contribution in [0.1, 0.15) is 59.8 Å². The highest BCUT2D eigenvalue weighted by atomic mass is 16.2. The molecule has 1 saturated heterocycles. The van der Waals surface area contributed by atoms with Crippen molar-refractivity contribution in [2.75, 3.05) is 6.54 Å². The Morgan fingerprint density at radius 2 is 1.97 bits per heavy atom. The van der Waals surface area contributed by atoms with Crippen LogP contribution < -0.4 is 0 Å². The van der Waals surface area contributed by atoms with E-state index < -0.39 is 0 Å². The summed E-state index contributed by atoms with van der Waals surface area (Å²) in [6.45, 7) is 4.92. The van der Waals surface area contributed by atoms with Crippen LogP contribution in [0.15, 0.2) is 36.7 Å². The summed E-state index contributed by atoms with van der Waals surface area (Å²) in [4.78, 5) is 24.7. The number of nitrogens with zero attached hydrogens (tertiary/aromatic N) is 5. The quantitative estimate of drug-likeness (QED) is 0.662. The first-order valence-electron chi connectivity index (χ1n) is 11.0. The topological polar surface area (TPSA) is 63.9 Å². The third-order valence-corrected chi connectivity index (χ3v) is 6.58. The molecule has 154 valence electrons. The second-order valence-electron chi connectivity index (χ2n) is 8.31. The molecule has 2 aromatic heterocycles. The second kappa shape index (κ2) is 7.67. The highest BCUT2D eigenvalue weighted by Crippen LogP contribution is 2.32. The molecule has 30 heavy (non-hydrogen) atoms. The third-order valence-electron chi connectivity index (χ3n) is 6.58. The molecule has 1 aliphatic heterocycles. The fourth-order valence-electron chi connectivity index (χ4n) is 4.82. The normalized spacial score (nSPS) is 18.1. The van der Waals surface area contributed by atoms with E-state index >= 15 is 0 Å². The molecule has 0 N–H and O–H groups in total. The average Bonchev–Trinajstić information content (AvgIpc) is 3.19. The van der Waals surface area contributed by atoms with E-state index in [0.29, 0.717) is 17.6 Å². The van der Waals surface area contributed by atoms with Gasteiger partial charge in [0.05, 0.1) is 23.1 Å². The Balaban J connectivity index is 1.50. The second-order valence-corrected chi connectivity index (χ2v) is 8.31. The fraction of sp³-hybridized carbons (Fsp3) is 0.417. The van der Waals surface area contributed by atoms with Crippen LogP contribution >= 0.6 is 0 Å². The standard InChI is InChI=1S/C24H27N5O/c1-3-19-9-6-7-13-28(19)23(30)21-15-26-29(16(21)2)24-25-14-18-12-11-17-8-4-5-10-20(17)22(18)27-24/h4-5,8,10,14-15,19H,3,6-7,9,11-13H2,1-2H3. The van der Waals surface area contributed by atoms with Crippen molar-refractivity contribution in [3.8, 4) is 17.2 Å². The summed E-state index contributed by atoms with van der Waals surface area (Å²) in [6.07, 6.45) is 9.90. The largest absolute Gasteiger partial charge is 0.336 e. The molecule has 1 unspecified atom stereocenters. The molecular weight excluding hydrogens is 374 g/mol. The molecule has 6 nitrogen and oxygen atoms in total. The Morgan fingerprint density at radius 3 is 2.83 bits per heavy atom. The van der Waals surface area contributed by atoms with Crippen molar-refractivity contribution in [1.82, 2.24) is 24.6 Å². The first kappa shape index (κ1) is 19.0. The minimum absolute atomic E-state index is 0.0774. The number of benzene rings is 1. The zero-order valence-electron chi connectivity index (χ0n) is 17.6. The molecule has 0 saturated carbocycles. The molecule has 0 bridgehead atoms. The molecule has 1 fully saturated rings. The number of amides is 1. The van der Waals surface area contributed by atoms with E-state index in [4.69, 9.17) is 4.98 Å². The zero-order valence-corrected chi connectivity index (χ0v) is 17.6. The average molecular weight is 402 g/mol. The van der Waals surface area contributed by atoms with Gasteiger partial charge in [-0.2, -0.15) is 5.10 Å². The first-order chi connectivity index (χ1) is 14.7. The molecule has 0 radical (unpaired) electrons. The van der Waals surface area contributed by atoms with E-state index in [2.05, 4.69) is 41.3 Å². The number of likely N-dealkylation sites (tertiary alicyclic amines) is 1. The third kappa shape index (κ3) is 3.11. The van der Waals surface area contributed by atoms with E-state index in [0.717, 1.165) is 55.6 Å². The van der Waals surface area contributed by atoms with E-state index in [1.54, 1.807) is 10.9 Å². The minimum atomic E-state index is 0.0774. The zero-order chi connectivity index (χ0) is 20.7. The van der Waals surface area contributed by atoms with Crippen molar-refractivity contribution in [2.45, 2.75) is 58.4 Å². The van der Waals surface area contributed by atoms with Gasteiger partial charge in [-0.25, -0.2) is 14.6 Å². The van der Waals surface area contributed by atoms with Gasteiger partial charge in [0.1, 0.15) is 0 Å². The van der Waals surface area contributed by atoms with Gasteiger partial charge in [0.25, 0.3) is 11.9 Å². The fourth-order valence-corrected chi connectivity index (χ4v) is 4.82. The summed E-state index contributed by atoms with van der Waals surface area (Å²) in [6, 6.07) is 8.74. The lowest BCUT2D eigenvalue weighted by atomic mass is 9.90. The molecule has 5 rings (SSSR count). The van der Waals surface area contributed by atoms with Crippen molar-refractivity contribution >= 4 is 5.91 Å². The van der Waals surface area contributed by atoms with Crippen LogP contribution in [0.5, 0.6) is 0 Å². The van der Waals surface area contributed by atoms with Gasteiger partial charge in [-0.1, -0.05) is 31.2 Å². The van der Waals surface area contributed by atoms with Crippen LogP contribution in [-0.2, 0) is 12.8 Å². The van der Waals surface area contributed by atoms with E-state index in [9.17, 15) is 4.79 Å². The molecule has 1 amide bonds. The van der Waals surface area contributed by atoms with Crippen LogP contribution in [0.4, 0.5) is 0 Å². The lowest BCUT2D eigenvalue weighted by Gasteiger charge is -2.35. The number of hydrogen-bond acceptors (Lipinski definition) is 4. The van der Waals surface area contributed by atoms with E-state index in [-0.39, 0.29) is 5.91 Å². The summed E-state index contributed by atoms with van der Waals surface area (Å²) in [7, 11) is 0. The van der Waals surface area contributed by atoms with Gasteiger partial charge >= 0.3 is 0 Å². The first-order valence-corrected chi connectivity index (χ1v) is 11.0. The smallest absolute Gasteiger partial charge is 0.257 e. The summed E-state index contributed by atoms with van der Waals surface area (Å²) >= 11 is 0. The highest BCUT2D eigenvalue weighted by Gasteiger charge is 2.29. The van der Waals surface area contributed by atoms with Crippen molar-refractivity contribution in [3.05, 3.63) is 59.0 Å². The van der Waals surface area contributed by atoms with Gasteiger partial charge in [0.15, 0.2) is 0 Å². The maximum absolute atomic E-state index is 13.3. The van der Waals surface area contributed by atoms with Crippen LogP contribution in [-0.4, -0.2) is 43.1 Å². The summed E-state index contributed by atoms with van der Waals surface area (Å²) in [5.74, 6) is 0.598. The number of fused-ring (bicyclic) bond motifs is 3. The number of aromatic nitrogens is 4. The van der Waals surface area contributed by atoms with Gasteiger partial charge in [-0.05, 0) is 56.6 Å². The molecular formula is C24H27N5O. The maximum Gasteiger partial charge on any atom is 0.257 e. The number of piperidine rings is 1. The SMILES string of the molecule is CCC1CCCCN1C(=O)c1cnn(-c2ncc3c(n2)-c2ccccc2CC3)c1C. The Bertz CT molecular complexity index is 1100. The number of carbonyl (C=O) groups is 1. The van der Waals surface area contributed by atoms with Crippen LogP contribution in [0.3, 0.4) is 0 Å². The lowest BCUT2D eigenvalue weighted by Crippen LogP contribution is -2.43. The van der Waals surface area contributed by atoms with E-state index in [1.165, 1.54) is 17.5 Å². The predicted octanol–water partition coefficient (Wildman–Crippen LogP) is 4.14. The Labute approximate surface area is 177 Å². The van der Waals surface area contributed by atoms with Gasteiger partial charge < -0.3 is 4.90 Å².